The van der Waals surface area contributed by atoms with E-state index in [0.717, 1.165) is 16.7 Å². The van der Waals surface area contributed by atoms with Crippen molar-refractivity contribution >= 4 is 11.1 Å². The van der Waals surface area contributed by atoms with Gasteiger partial charge in [-0.25, -0.2) is 0 Å². The first-order chi connectivity index (χ1) is 8.15. The highest BCUT2D eigenvalue weighted by atomic mass is 32.2. The second kappa shape index (κ2) is 5.12. The number of rotatable bonds is 3. The third kappa shape index (κ3) is 3.15. The Labute approximate surface area is 102 Å². The molecule has 0 amide bonds. The predicted molar refractivity (Wildman–Crippen MR) is 66.2 cm³/mol. The van der Waals surface area contributed by atoms with Crippen molar-refractivity contribution in [1.82, 2.24) is 0 Å². The van der Waals surface area contributed by atoms with Gasteiger partial charge in [0.25, 0.3) is 0 Å². The first kappa shape index (κ1) is 11.8. The Morgan fingerprint density at radius 3 is 2.41 bits per heavy atom. The van der Waals surface area contributed by atoms with Gasteiger partial charge in [-0.1, -0.05) is 47.5 Å². The average molecular weight is 247 g/mol. The minimum absolute atomic E-state index is 0.0198. The highest BCUT2D eigenvalue weighted by Gasteiger charge is 1.99. The van der Waals surface area contributed by atoms with E-state index in [-0.39, 0.29) is 11.5 Å². The summed E-state index contributed by atoms with van der Waals surface area (Å²) in [5.74, 6) is 0.233. The molecule has 3 nitrogen and oxygen atoms in total. The van der Waals surface area contributed by atoms with Gasteiger partial charge in [-0.05, 0) is 28.8 Å². The monoisotopic (exact) mass is 247 g/mol. The van der Waals surface area contributed by atoms with Crippen LogP contribution in [-0.2, 0) is 16.8 Å². The predicted octanol–water partition coefficient (Wildman–Crippen LogP) is 2.44. The molecule has 1 atom stereocenters. The molecule has 0 radical (unpaired) electrons. The summed E-state index contributed by atoms with van der Waals surface area (Å²) in [5, 5.41) is 9.20. The number of hydrogen-bond acceptors (Lipinski definition) is 3. The lowest BCUT2D eigenvalue weighted by molar-refractivity contribution is 0.475. The zero-order chi connectivity index (χ0) is 12.3. The normalized spacial score (nSPS) is 12.3. The van der Waals surface area contributed by atoms with E-state index in [0.29, 0.717) is 0 Å². The number of aromatic hydroxyl groups is 1. The van der Waals surface area contributed by atoms with Crippen molar-refractivity contribution in [2.45, 2.75) is 5.75 Å². The number of phenolic OH excluding ortho intramolecular Hbond substituents is 1. The van der Waals surface area contributed by atoms with E-state index in [4.69, 9.17) is 0 Å². The fourth-order valence-corrected chi connectivity index (χ4v) is 2.08. The molecule has 2 aromatic carbocycles. The Balaban J connectivity index is 2.32. The van der Waals surface area contributed by atoms with Gasteiger partial charge in [0, 0.05) is 5.75 Å². The third-order valence-electron chi connectivity index (χ3n) is 2.41. The van der Waals surface area contributed by atoms with E-state index in [1.54, 1.807) is 30.3 Å². The van der Waals surface area contributed by atoms with Crippen molar-refractivity contribution in [2.75, 3.05) is 0 Å². The van der Waals surface area contributed by atoms with Gasteiger partial charge in [-0.2, -0.15) is 0 Å². The molecule has 2 aromatic rings. The van der Waals surface area contributed by atoms with E-state index in [1.165, 1.54) is 0 Å². The number of phenols is 1. The van der Waals surface area contributed by atoms with Gasteiger partial charge in [0.05, 0.1) is 0 Å². The van der Waals surface area contributed by atoms with Crippen molar-refractivity contribution in [3.63, 3.8) is 0 Å². The van der Waals surface area contributed by atoms with Gasteiger partial charge < -0.3 is 9.66 Å². The molecule has 0 spiro atoms. The summed E-state index contributed by atoms with van der Waals surface area (Å²) in [6, 6.07) is 14.1. The summed E-state index contributed by atoms with van der Waals surface area (Å²) in [7, 11) is 0. The molecule has 0 aliphatic carbocycles. The molecule has 0 fully saturated rings. The lowest BCUT2D eigenvalue weighted by Gasteiger charge is -2.07. The molecule has 0 bridgehead atoms. The molecule has 0 heterocycles. The van der Waals surface area contributed by atoms with Gasteiger partial charge in [0.1, 0.15) is 5.75 Å². The molecule has 1 unspecified atom stereocenters. The zero-order valence-corrected chi connectivity index (χ0v) is 9.81. The van der Waals surface area contributed by atoms with Gasteiger partial charge in [-0.3, -0.25) is 4.21 Å². The van der Waals surface area contributed by atoms with Crippen molar-refractivity contribution in [3.05, 3.63) is 54.1 Å². The van der Waals surface area contributed by atoms with E-state index in [2.05, 4.69) is 0 Å². The number of benzene rings is 2. The Morgan fingerprint density at radius 2 is 1.76 bits per heavy atom. The van der Waals surface area contributed by atoms with Crippen LogP contribution in [0.1, 0.15) is 5.56 Å². The molecule has 0 saturated carbocycles. The fraction of sp³-hybridized carbons (Fsp3) is 0.0769. The maximum absolute atomic E-state index is 10.6. The van der Waals surface area contributed by atoms with Crippen LogP contribution in [0.25, 0.3) is 11.1 Å². The summed E-state index contributed by atoms with van der Waals surface area (Å²) in [6.45, 7) is 0. The molecule has 0 aliphatic rings. The van der Waals surface area contributed by atoms with Gasteiger partial charge in [0.2, 0.25) is 0 Å². The molecule has 17 heavy (non-hydrogen) atoms. The molecule has 0 aliphatic heterocycles. The van der Waals surface area contributed by atoms with Crippen LogP contribution in [0.5, 0.6) is 5.75 Å². The van der Waals surface area contributed by atoms with Crippen LogP contribution in [-0.4, -0.2) is 13.9 Å². The minimum atomic E-state index is -2.07. The largest absolute Gasteiger partial charge is 0.772 e. The molecule has 0 saturated heterocycles. The first-order valence-electron chi connectivity index (χ1n) is 5.09. The van der Waals surface area contributed by atoms with Gasteiger partial charge in [-0.15, -0.1) is 0 Å². The Morgan fingerprint density at radius 1 is 1.06 bits per heavy atom. The van der Waals surface area contributed by atoms with E-state index >= 15 is 0 Å². The average Bonchev–Trinajstić information content (AvgIpc) is 2.29. The Kier molecular flexibility index (Phi) is 3.56. The SMILES string of the molecule is O=S([O-])Cc1cccc(-c2ccc(O)cc2)c1. The summed E-state index contributed by atoms with van der Waals surface area (Å²) in [5.41, 5.74) is 2.64. The van der Waals surface area contributed by atoms with Crippen LogP contribution in [0.2, 0.25) is 0 Å². The van der Waals surface area contributed by atoms with E-state index in [1.807, 2.05) is 18.2 Å². The second-order valence-corrected chi connectivity index (χ2v) is 4.59. The second-order valence-electron chi connectivity index (χ2n) is 3.70. The highest BCUT2D eigenvalue weighted by Crippen LogP contribution is 2.23. The molecule has 2 rings (SSSR count). The molecule has 4 heteroatoms. The summed E-state index contributed by atoms with van der Waals surface area (Å²) < 4.78 is 21.3. The van der Waals surface area contributed by atoms with Gasteiger partial charge >= 0.3 is 0 Å². The summed E-state index contributed by atoms with van der Waals surface area (Å²) in [6.07, 6.45) is 0. The molecule has 88 valence electrons. The standard InChI is InChI=1S/C13H12O3S/c14-13-6-4-11(5-7-13)12-3-1-2-10(8-12)9-17(15)16/h1-8,14H,9H2,(H,15,16)/p-1. The van der Waals surface area contributed by atoms with Crippen LogP contribution < -0.4 is 0 Å². The van der Waals surface area contributed by atoms with Crippen LogP contribution in [0, 0.1) is 0 Å². The maximum Gasteiger partial charge on any atom is 0.115 e. The van der Waals surface area contributed by atoms with Crippen molar-refractivity contribution < 1.29 is 13.9 Å². The van der Waals surface area contributed by atoms with Crippen molar-refractivity contribution in [1.29, 1.82) is 0 Å². The van der Waals surface area contributed by atoms with Crippen LogP contribution in [0.15, 0.2) is 48.5 Å². The molecular weight excluding hydrogens is 236 g/mol. The Hall–Kier alpha value is -1.65. The molecule has 0 aromatic heterocycles. The fourth-order valence-electron chi connectivity index (χ4n) is 1.63. The highest BCUT2D eigenvalue weighted by molar-refractivity contribution is 7.78. The molecular formula is C13H11O3S-. The topological polar surface area (TPSA) is 60.4 Å². The maximum atomic E-state index is 10.6. The number of hydrogen-bond donors (Lipinski definition) is 1. The quantitative estimate of drug-likeness (QED) is 0.847. The summed E-state index contributed by atoms with van der Waals surface area (Å²) >= 11 is -2.07. The Bertz CT molecular complexity index is 535. The lowest BCUT2D eigenvalue weighted by Crippen LogP contribution is -1.93. The zero-order valence-electron chi connectivity index (χ0n) is 9.00. The van der Waals surface area contributed by atoms with Crippen molar-refractivity contribution in [2.24, 2.45) is 0 Å². The van der Waals surface area contributed by atoms with Crippen LogP contribution >= 0.6 is 0 Å². The van der Waals surface area contributed by atoms with Crippen molar-refractivity contribution in [3.8, 4) is 16.9 Å². The lowest BCUT2D eigenvalue weighted by atomic mass is 10.0. The minimum Gasteiger partial charge on any atom is -0.772 e. The smallest absolute Gasteiger partial charge is 0.115 e. The van der Waals surface area contributed by atoms with Crippen LogP contribution in [0.3, 0.4) is 0 Å². The van der Waals surface area contributed by atoms with Crippen LogP contribution in [0.4, 0.5) is 0 Å². The van der Waals surface area contributed by atoms with Gasteiger partial charge in [0.15, 0.2) is 0 Å². The third-order valence-corrected chi connectivity index (χ3v) is 2.98. The molecule has 1 N–H and O–H groups in total. The van der Waals surface area contributed by atoms with E-state index < -0.39 is 11.1 Å². The summed E-state index contributed by atoms with van der Waals surface area (Å²) in [4.78, 5) is 0. The first-order valence-corrected chi connectivity index (χ1v) is 6.34. The van der Waals surface area contributed by atoms with E-state index in [9.17, 15) is 13.9 Å².